The van der Waals surface area contributed by atoms with Crippen molar-refractivity contribution in [3.8, 4) is 0 Å². The Morgan fingerprint density at radius 3 is 2.20 bits per heavy atom. The number of nitrogens with zero attached hydrogens (tertiary/aromatic N) is 2. The highest BCUT2D eigenvalue weighted by Gasteiger charge is 2.30. The lowest BCUT2D eigenvalue weighted by Gasteiger charge is -2.33. The first-order chi connectivity index (χ1) is 19.0. The van der Waals surface area contributed by atoms with Crippen LogP contribution in [0.3, 0.4) is 0 Å². The van der Waals surface area contributed by atoms with Crippen LogP contribution in [0.15, 0.2) is 42.5 Å². The molecule has 2 aromatic carbocycles. The molecule has 2 unspecified atom stereocenters. The second kappa shape index (κ2) is 16.6. The summed E-state index contributed by atoms with van der Waals surface area (Å²) >= 11 is 3.39. The van der Waals surface area contributed by atoms with Crippen LogP contribution in [0.1, 0.15) is 39.7 Å². The van der Waals surface area contributed by atoms with Crippen LogP contribution in [0.5, 0.6) is 0 Å². The minimum Gasteiger partial charge on any atom is -0.351 e. The lowest BCUT2D eigenvalue weighted by atomic mass is 10.0. The third-order valence-corrected chi connectivity index (χ3v) is 6.89. The minimum absolute atomic E-state index is 0.0785. The van der Waals surface area contributed by atoms with Crippen molar-refractivity contribution in [3.05, 3.63) is 64.7 Å². The molecule has 2 aromatic rings. The van der Waals surface area contributed by atoms with E-state index in [1.54, 1.807) is 29.2 Å². The normalized spacial score (nSPS) is 12.8. The number of anilines is 1. The van der Waals surface area contributed by atoms with E-state index in [1.165, 1.54) is 0 Å². The molecule has 2 atom stereocenters. The number of carbonyl (C=O) groups is 2. The van der Waals surface area contributed by atoms with E-state index in [9.17, 15) is 27.1 Å². The zero-order valence-corrected chi connectivity index (χ0v) is 24.5. The molecule has 0 spiro atoms. The fraction of sp³-hybridized carbons (Fsp3) is 0.481. The van der Waals surface area contributed by atoms with Gasteiger partial charge in [0.1, 0.15) is 6.04 Å². The highest BCUT2D eigenvalue weighted by atomic mass is 35.5. The third kappa shape index (κ3) is 10.4. The molecular weight excluding hydrogens is 568 g/mol. The van der Waals surface area contributed by atoms with Gasteiger partial charge in [0, 0.05) is 49.7 Å². The van der Waals surface area contributed by atoms with Crippen LogP contribution in [-0.2, 0) is 36.8 Å². The van der Waals surface area contributed by atoms with Gasteiger partial charge in [-0.3, -0.25) is 18.4 Å². The Morgan fingerprint density at radius 2 is 1.68 bits per heavy atom. The molecule has 0 aromatic heterocycles. The van der Waals surface area contributed by atoms with Crippen molar-refractivity contribution in [3.63, 3.8) is 0 Å². The van der Waals surface area contributed by atoms with Crippen molar-refractivity contribution in [2.75, 3.05) is 30.6 Å². The summed E-state index contributed by atoms with van der Waals surface area (Å²) in [6.45, 7) is 7.92. The molecule has 0 bridgehead atoms. The van der Waals surface area contributed by atoms with Gasteiger partial charge in [0.05, 0.1) is 12.2 Å². The fourth-order valence-electron chi connectivity index (χ4n) is 3.90. The van der Waals surface area contributed by atoms with Gasteiger partial charge >= 0.3 is 0 Å². The Morgan fingerprint density at radius 1 is 1.05 bits per heavy atom. The van der Waals surface area contributed by atoms with Gasteiger partial charge in [-0.2, -0.15) is 0 Å². The van der Waals surface area contributed by atoms with Crippen LogP contribution in [0.25, 0.3) is 0 Å². The first kappa shape index (κ1) is 33.6. The second-order valence-corrected chi connectivity index (χ2v) is 10.4. The molecule has 0 aliphatic carbocycles. The van der Waals surface area contributed by atoms with E-state index >= 15 is 0 Å². The van der Waals surface area contributed by atoms with Gasteiger partial charge in [0.25, 0.3) is 11.3 Å². The quantitative estimate of drug-likeness (QED) is 0.219. The average molecular weight is 604 g/mol. The molecule has 222 valence electrons. The fourth-order valence-corrected chi connectivity index (χ4v) is 4.57. The van der Waals surface area contributed by atoms with Gasteiger partial charge in [-0.15, -0.1) is 0 Å². The molecule has 13 heteroatoms. The molecule has 0 fully saturated rings. The van der Waals surface area contributed by atoms with Crippen molar-refractivity contribution in [2.24, 2.45) is 0 Å². The molecule has 2 rings (SSSR count). The number of nitrogens with one attached hydrogen (secondary N) is 1. The maximum absolute atomic E-state index is 13.8. The van der Waals surface area contributed by atoms with Crippen LogP contribution < -0.4 is 9.62 Å². The highest BCUT2D eigenvalue weighted by molar-refractivity contribution is 7.80. The Hall–Kier alpha value is -2.64. The summed E-state index contributed by atoms with van der Waals surface area (Å²) in [7, 11) is 0. The number of amides is 2. The third-order valence-electron chi connectivity index (χ3n) is 5.87. The molecular formula is C27H36ClF2N3O6S. The summed E-state index contributed by atoms with van der Waals surface area (Å²) in [5, 5.41) is 3.25. The van der Waals surface area contributed by atoms with E-state index < -0.39 is 41.1 Å². The summed E-state index contributed by atoms with van der Waals surface area (Å²) in [5.41, 5.74) is 0.669. The second-order valence-electron chi connectivity index (χ2n) is 9.06. The predicted molar refractivity (Wildman–Crippen MR) is 150 cm³/mol. The summed E-state index contributed by atoms with van der Waals surface area (Å²) in [4.78, 5) is 28.3. The molecule has 0 aliphatic heterocycles. The molecule has 2 amide bonds. The molecule has 0 radical (unpaired) electrons. The zero-order chi connectivity index (χ0) is 29.8. The maximum Gasteiger partial charge on any atom is 0.261 e. The van der Waals surface area contributed by atoms with Crippen LogP contribution in [0, 0.1) is 11.6 Å². The summed E-state index contributed by atoms with van der Waals surface area (Å²) < 4.78 is 60.7. The topological polar surface area (TPSA) is 108 Å². The lowest BCUT2D eigenvalue weighted by molar-refractivity contribution is -0.163. The van der Waals surface area contributed by atoms with E-state index in [4.69, 9.17) is 21.1 Å². The van der Waals surface area contributed by atoms with Gasteiger partial charge in [0.2, 0.25) is 11.8 Å². The van der Waals surface area contributed by atoms with Crippen LogP contribution in [0.4, 0.5) is 14.5 Å². The van der Waals surface area contributed by atoms with Crippen molar-refractivity contribution in [2.45, 2.75) is 58.9 Å². The van der Waals surface area contributed by atoms with Gasteiger partial charge in [-0.1, -0.05) is 23.7 Å². The van der Waals surface area contributed by atoms with E-state index in [-0.39, 0.29) is 43.6 Å². The minimum atomic E-state index is -2.62. The number of rotatable bonds is 16. The van der Waals surface area contributed by atoms with E-state index in [0.717, 1.165) is 28.1 Å². The number of halogens is 3. The smallest absolute Gasteiger partial charge is 0.261 e. The Kier molecular flexibility index (Phi) is 13.9. The predicted octanol–water partition coefficient (Wildman–Crippen LogP) is 4.32. The van der Waals surface area contributed by atoms with Crippen LogP contribution in [0.2, 0.25) is 5.02 Å². The number of carbonyl (C=O) groups excluding carboxylic acids is 2. The number of benzene rings is 2. The van der Waals surface area contributed by atoms with Crippen molar-refractivity contribution in [1.82, 2.24) is 10.2 Å². The largest absolute Gasteiger partial charge is 0.351 e. The van der Waals surface area contributed by atoms with Crippen LogP contribution in [-0.4, -0.2) is 70.2 Å². The summed E-state index contributed by atoms with van der Waals surface area (Å²) in [5.74, 6) is -3.26. The van der Waals surface area contributed by atoms with Gasteiger partial charge in [-0.05, 0) is 57.5 Å². The SMILES string of the molecule is CCOC(CN(C(=O)C(Cc1ccc(Cl)cc1)NC(=O)CCN(c1ccc(F)c(F)c1)S(=O)O)C(C)C)OCC. The van der Waals surface area contributed by atoms with E-state index in [0.29, 0.717) is 18.2 Å². The Bertz CT molecular complexity index is 1140. The van der Waals surface area contributed by atoms with Crippen molar-refractivity contribution in [1.29, 1.82) is 0 Å². The highest BCUT2D eigenvalue weighted by Crippen LogP contribution is 2.20. The van der Waals surface area contributed by atoms with Gasteiger partial charge < -0.3 is 19.7 Å². The molecule has 0 aliphatic rings. The molecule has 0 heterocycles. The summed E-state index contributed by atoms with van der Waals surface area (Å²) in [6.07, 6.45) is -0.812. The standard InChI is InChI=1S/C27H36ClF2N3O6S/c1-5-38-26(39-6-2)17-32(18(3)4)27(35)24(15-19-7-9-20(28)10-8-19)31-25(34)13-14-33(40(36)37)21-11-12-22(29)23(30)16-21/h7-12,16,18,24,26H,5-6,13-15,17H2,1-4H3,(H,31,34)(H,36,37). The zero-order valence-electron chi connectivity index (χ0n) is 22.9. The van der Waals surface area contributed by atoms with E-state index in [1.807, 2.05) is 27.7 Å². The molecule has 2 N–H and O–H groups in total. The number of hydrogen-bond acceptors (Lipinski definition) is 5. The number of hydrogen-bond donors (Lipinski definition) is 2. The van der Waals surface area contributed by atoms with Gasteiger partial charge in [0.15, 0.2) is 17.9 Å². The number of ether oxygens (including phenoxy) is 2. The average Bonchev–Trinajstić information content (AvgIpc) is 2.89. The molecule has 40 heavy (non-hydrogen) atoms. The van der Waals surface area contributed by atoms with Crippen molar-refractivity contribution >= 4 is 40.4 Å². The molecule has 0 saturated carbocycles. The van der Waals surface area contributed by atoms with Gasteiger partial charge in [-0.25, -0.2) is 13.0 Å². The van der Waals surface area contributed by atoms with Crippen LogP contribution >= 0.6 is 11.6 Å². The molecule has 0 saturated heterocycles. The van der Waals surface area contributed by atoms with E-state index in [2.05, 4.69) is 5.32 Å². The first-order valence-electron chi connectivity index (χ1n) is 12.9. The van der Waals surface area contributed by atoms with Crippen molar-refractivity contribution < 1.29 is 36.6 Å². The Labute approximate surface area is 241 Å². The monoisotopic (exact) mass is 603 g/mol. The first-order valence-corrected chi connectivity index (χ1v) is 14.3. The molecule has 9 nitrogen and oxygen atoms in total. The summed E-state index contributed by atoms with van der Waals surface area (Å²) in [6, 6.07) is 8.33. The lowest BCUT2D eigenvalue weighted by Crippen LogP contribution is -2.54. The Balaban J connectivity index is 2.24. The maximum atomic E-state index is 13.8.